The van der Waals surface area contributed by atoms with E-state index < -0.39 is 0 Å². The average Bonchev–Trinajstić information content (AvgIpc) is 2.47. The summed E-state index contributed by atoms with van der Waals surface area (Å²) in [5.41, 5.74) is 3.76. The summed E-state index contributed by atoms with van der Waals surface area (Å²) in [4.78, 5) is 20.7. The van der Waals surface area contributed by atoms with E-state index in [0.717, 1.165) is 0 Å². The molecule has 0 saturated carbocycles. The van der Waals surface area contributed by atoms with Crippen LogP contribution >= 0.6 is 0 Å². The molecule has 0 radical (unpaired) electrons. The summed E-state index contributed by atoms with van der Waals surface area (Å²) in [6.45, 7) is 3.92. The molecule has 0 bridgehead atoms. The molecule has 0 fully saturated rings. The smallest absolute Gasteiger partial charge is 0.276 e. The van der Waals surface area contributed by atoms with Crippen molar-refractivity contribution in [2.75, 3.05) is 10.7 Å². The average molecular weight is 271 g/mol. The van der Waals surface area contributed by atoms with Gasteiger partial charge in [-0.15, -0.1) is 0 Å². The lowest BCUT2D eigenvalue weighted by Gasteiger charge is -2.11. The Morgan fingerprint density at radius 3 is 2.55 bits per heavy atom. The predicted octanol–water partition coefficient (Wildman–Crippen LogP) is 2.14. The van der Waals surface area contributed by atoms with E-state index >= 15 is 0 Å². The highest BCUT2D eigenvalue weighted by molar-refractivity contribution is 6.06. The highest BCUT2D eigenvalue weighted by Crippen LogP contribution is 2.17. The van der Waals surface area contributed by atoms with Gasteiger partial charge in [0.2, 0.25) is 0 Å². The summed E-state index contributed by atoms with van der Waals surface area (Å²) >= 11 is 0. The zero-order valence-corrected chi connectivity index (χ0v) is 11.4. The van der Waals surface area contributed by atoms with E-state index in [2.05, 4.69) is 20.7 Å². The molecule has 2 rings (SSSR count). The summed E-state index contributed by atoms with van der Waals surface area (Å²) < 4.78 is 0. The molecule has 0 atom stereocenters. The molecule has 0 aliphatic carbocycles. The van der Waals surface area contributed by atoms with Gasteiger partial charge in [-0.25, -0.2) is 9.97 Å². The Kier molecular flexibility index (Phi) is 4.27. The molecule has 0 aliphatic heterocycles. The Hall–Kier alpha value is -2.47. The summed E-state index contributed by atoms with van der Waals surface area (Å²) in [6.07, 6.45) is 1.52. The number of nitrogens with one attached hydrogen (secondary N) is 2. The van der Waals surface area contributed by atoms with Crippen LogP contribution in [-0.2, 0) is 0 Å². The molecule has 1 aromatic heterocycles. The fourth-order valence-corrected chi connectivity index (χ4v) is 1.66. The molecule has 6 nitrogen and oxygen atoms in total. The Morgan fingerprint density at radius 2 is 1.95 bits per heavy atom. The summed E-state index contributed by atoms with van der Waals surface area (Å²) in [5.74, 6) is 5.80. The molecule has 1 amide bonds. The van der Waals surface area contributed by atoms with Crippen LogP contribution in [0.5, 0.6) is 0 Å². The van der Waals surface area contributed by atoms with Crippen LogP contribution in [0.25, 0.3) is 0 Å². The van der Waals surface area contributed by atoms with Gasteiger partial charge in [0.25, 0.3) is 5.91 Å². The van der Waals surface area contributed by atoms with Crippen molar-refractivity contribution in [3.63, 3.8) is 0 Å². The van der Waals surface area contributed by atoms with Gasteiger partial charge in [0.15, 0.2) is 5.69 Å². The third-order valence-corrected chi connectivity index (χ3v) is 2.73. The molecular formula is C14H17N5O. The van der Waals surface area contributed by atoms with Gasteiger partial charge < -0.3 is 10.7 Å². The van der Waals surface area contributed by atoms with Gasteiger partial charge >= 0.3 is 0 Å². The largest absolute Gasteiger partial charge is 0.321 e. The van der Waals surface area contributed by atoms with E-state index in [9.17, 15) is 4.79 Å². The second-order valence-corrected chi connectivity index (χ2v) is 4.61. The maximum Gasteiger partial charge on any atom is 0.276 e. The normalized spacial score (nSPS) is 10.4. The molecule has 1 heterocycles. The number of hydrogen-bond donors (Lipinski definition) is 3. The van der Waals surface area contributed by atoms with Crippen LogP contribution in [0, 0.1) is 0 Å². The van der Waals surface area contributed by atoms with Gasteiger partial charge in [-0.2, -0.15) is 0 Å². The highest BCUT2D eigenvalue weighted by Gasteiger charge is 2.16. The van der Waals surface area contributed by atoms with Crippen molar-refractivity contribution in [2.24, 2.45) is 5.84 Å². The van der Waals surface area contributed by atoms with Gasteiger partial charge in [0.05, 0.1) is 11.9 Å². The van der Waals surface area contributed by atoms with E-state index in [4.69, 9.17) is 5.84 Å². The van der Waals surface area contributed by atoms with Gasteiger partial charge in [0, 0.05) is 11.6 Å². The Bertz CT molecular complexity index is 598. The van der Waals surface area contributed by atoms with Crippen LogP contribution in [0.3, 0.4) is 0 Å². The molecule has 4 N–H and O–H groups in total. The molecule has 0 unspecified atom stereocenters. The molecule has 0 saturated heterocycles. The number of nitrogen functional groups attached to an aromatic ring is 1. The predicted molar refractivity (Wildman–Crippen MR) is 78.3 cm³/mol. The number of hydrazine groups is 1. The van der Waals surface area contributed by atoms with Crippen molar-refractivity contribution in [3.8, 4) is 0 Å². The first-order chi connectivity index (χ1) is 9.61. The van der Waals surface area contributed by atoms with Crippen molar-refractivity contribution >= 4 is 17.3 Å². The number of aromatic nitrogens is 2. The molecule has 0 aliphatic rings. The van der Waals surface area contributed by atoms with Gasteiger partial charge in [-0.3, -0.25) is 10.6 Å². The Morgan fingerprint density at radius 1 is 1.25 bits per heavy atom. The lowest BCUT2D eigenvalue weighted by atomic mass is 10.2. The second kappa shape index (κ2) is 6.12. The van der Waals surface area contributed by atoms with Gasteiger partial charge in [0.1, 0.15) is 5.82 Å². The zero-order chi connectivity index (χ0) is 14.5. The van der Waals surface area contributed by atoms with E-state index in [1.807, 2.05) is 32.0 Å². The molecular weight excluding hydrogens is 254 g/mol. The summed E-state index contributed by atoms with van der Waals surface area (Å²) in [5, 5.41) is 2.77. The number of hydrogen-bond acceptors (Lipinski definition) is 5. The van der Waals surface area contributed by atoms with Crippen LogP contribution in [0.4, 0.5) is 11.4 Å². The first kappa shape index (κ1) is 14.0. The standard InChI is InChI=1S/C14H17N5O/c1-9(2)13-16-8-11(19-15)12(18-13)14(20)17-10-6-4-3-5-7-10/h3-9,19H,15H2,1-2H3,(H,17,20). The van der Waals surface area contributed by atoms with Crippen molar-refractivity contribution in [2.45, 2.75) is 19.8 Å². The van der Waals surface area contributed by atoms with Crippen LogP contribution in [-0.4, -0.2) is 15.9 Å². The maximum atomic E-state index is 12.3. The SMILES string of the molecule is CC(C)c1ncc(NN)c(C(=O)Nc2ccccc2)n1. The number of nitrogens with zero attached hydrogens (tertiary/aromatic N) is 2. The van der Waals surface area contributed by atoms with E-state index in [-0.39, 0.29) is 17.5 Å². The summed E-state index contributed by atoms with van der Waals surface area (Å²) in [6, 6.07) is 9.18. The topological polar surface area (TPSA) is 92.9 Å². The number of para-hydroxylation sites is 1. The van der Waals surface area contributed by atoms with Gasteiger partial charge in [-0.1, -0.05) is 32.0 Å². The molecule has 6 heteroatoms. The fourth-order valence-electron chi connectivity index (χ4n) is 1.66. The van der Waals surface area contributed by atoms with Crippen molar-refractivity contribution in [1.29, 1.82) is 0 Å². The van der Waals surface area contributed by atoms with E-state index in [1.165, 1.54) is 6.20 Å². The van der Waals surface area contributed by atoms with Crippen molar-refractivity contribution < 1.29 is 4.79 Å². The number of benzene rings is 1. The first-order valence-electron chi connectivity index (χ1n) is 6.31. The Balaban J connectivity index is 2.30. The zero-order valence-electron chi connectivity index (χ0n) is 11.4. The minimum atomic E-state index is -0.326. The van der Waals surface area contributed by atoms with Crippen molar-refractivity contribution in [1.82, 2.24) is 9.97 Å². The molecule has 20 heavy (non-hydrogen) atoms. The number of nitrogens with two attached hydrogens (primary N) is 1. The number of amides is 1. The highest BCUT2D eigenvalue weighted by atomic mass is 16.1. The van der Waals surface area contributed by atoms with E-state index in [1.54, 1.807) is 12.1 Å². The molecule has 104 valence electrons. The quantitative estimate of drug-likeness (QED) is 0.585. The third kappa shape index (κ3) is 3.10. The van der Waals surface area contributed by atoms with Crippen molar-refractivity contribution in [3.05, 3.63) is 48.0 Å². The number of carbonyl (C=O) groups excluding carboxylic acids is 1. The maximum absolute atomic E-state index is 12.3. The van der Waals surface area contributed by atoms with Crippen LogP contribution in [0.2, 0.25) is 0 Å². The lowest BCUT2D eigenvalue weighted by Crippen LogP contribution is -2.20. The van der Waals surface area contributed by atoms with Crippen LogP contribution in [0.1, 0.15) is 36.1 Å². The van der Waals surface area contributed by atoms with E-state index in [0.29, 0.717) is 17.2 Å². The molecule has 2 aromatic rings. The Labute approximate surface area is 117 Å². The van der Waals surface area contributed by atoms with Gasteiger partial charge in [-0.05, 0) is 12.1 Å². The third-order valence-electron chi connectivity index (χ3n) is 2.73. The monoisotopic (exact) mass is 271 g/mol. The lowest BCUT2D eigenvalue weighted by molar-refractivity contribution is 0.102. The second-order valence-electron chi connectivity index (χ2n) is 4.61. The first-order valence-corrected chi connectivity index (χ1v) is 6.31. The van der Waals surface area contributed by atoms with Crippen LogP contribution < -0.4 is 16.6 Å². The number of anilines is 2. The number of rotatable bonds is 4. The molecule has 1 aromatic carbocycles. The minimum Gasteiger partial charge on any atom is -0.321 e. The fraction of sp³-hybridized carbons (Fsp3) is 0.214. The minimum absolute atomic E-state index is 0.130. The summed E-state index contributed by atoms with van der Waals surface area (Å²) in [7, 11) is 0. The molecule has 0 spiro atoms. The number of carbonyl (C=O) groups is 1. The van der Waals surface area contributed by atoms with Crippen LogP contribution in [0.15, 0.2) is 36.5 Å².